The van der Waals surface area contributed by atoms with E-state index in [1.807, 2.05) is 37.3 Å². The fourth-order valence-electron chi connectivity index (χ4n) is 3.72. The van der Waals surface area contributed by atoms with E-state index in [-0.39, 0.29) is 5.97 Å². The molecular weight excluding hydrogens is 344 g/mol. The van der Waals surface area contributed by atoms with Crippen molar-refractivity contribution in [3.63, 3.8) is 0 Å². The first-order valence-electron chi connectivity index (χ1n) is 9.54. The Morgan fingerprint density at radius 1 is 0.786 bits per heavy atom. The van der Waals surface area contributed by atoms with Crippen LogP contribution < -0.4 is 0 Å². The minimum absolute atomic E-state index is 0.314. The quantitative estimate of drug-likeness (QED) is 0.423. The van der Waals surface area contributed by atoms with E-state index in [1.54, 1.807) is 6.08 Å². The Morgan fingerprint density at radius 3 is 2.07 bits per heavy atom. The summed E-state index contributed by atoms with van der Waals surface area (Å²) in [5.74, 6) is -0.314. The molecule has 0 aromatic heterocycles. The normalized spacial score (nSPS) is 14.3. The van der Waals surface area contributed by atoms with Gasteiger partial charge in [-0.1, -0.05) is 84.4 Å². The van der Waals surface area contributed by atoms with Crippen molar-refractivity contribution < 1.29 is 9.53 Å². The van der Waals surface area contributed by atoms with Crippen LogP contribution in [0.15, 0.2) is 84.9 Å². The number of fused-ring (bicyclic) bond motifs is 1. The highest BCUT2D eigenvalue weighted by Gasteiger charge is 2.28. The number of esters is 1. The highest BCUT2D eigenvalue weighted by Crippen LogP contribution is 2.49. The third-order valence-corrected chi connectivity index (χ3v) is 4.96. The van der Waals surface area contributed by atoms with Crippen LogP contribution in [-0.2, 0) is 9.53 Å². The maximum atomic E-state index is 12.4. The van der Waals surface area contributed by atoms with E-state index in [1.165, 1.54) is 5.56 Å². The van der Waals surface area contributed by atoms with Gasteiger partial charge in [0, 0.05) is 6.08 Å². The van der Waals surface area contributed by atoms with E-state index in [4.69, 9.17) is 4.74 Å². The highest BCUT2D eigenvalue weighted by atomic mass is 16.5. The number of rotatable bonds is 4. The van der Waals surface area contributed by atoms with Gasteiger partial charge in [-0.05, 0) is 52.8 Å². The first kappa shape index (κ1) is 18.0. The third kappa shape index (κ3) is 3.29. The standard InChI is InChI=1S/C26H22O2/c1-3-28-24(27)17-23-21-11-7-8-12-22(21)25(20-15-13-18(2)14-16-20)26(23)19-9-5-4-6-10-19/h4-17H,3H2,1-2H3/b23-17+. The minimum Gasteiger partial charge on any atom is -0.463 e. The zero-order valence-corrected chi connectivity index (χ0v) is 16.1. The molecule has 3 aromatic rings. The molecule has 1 aliphatic rings. The van der Waals surface area contributed by atoms with Gasteiger partial charge in [0.1, 0.15) is 0 Å². The molecule has 0 spiro atoms. The molecule has 0 atom stereocenters. The van der Waals surface area contributed by atoms with Crippen molar-refractivity contribution in [2.24, 2.45) is 0 Å². The maximum absolute atomic E-state index is 12.4. The molecule has 0 fully saturated rings. The molecule has 0 unspecified atom stereocenters. The number of aryl methyl sites for hydroxylation is 1. The largest absolute Gasteiger partial charge is 0.463 e. The highest BCUT2D eigenvalue weighted by molar-refractivity contribution is 6.26. The van der Waals surface area contributed by atoms with Gasteiger partial charge in [-0.3, -0.25) is 0 Å². The SMILES string of the molecule is CCOC(=O)/C=C1/C(c2ccccc2)=C(c2ccc(C)cc2)c2ccccc21. The monoisotopic (exact) mass is 366 g/mol. The molecule has 0 N–H and O–H groups in total. The van der Waals surface area contributed by atoms with Crippen molar-refractivity contribution in [1.82, 2.24) is 0 Å². The lowest BCUT2D eigenvalue weighted by Crippen LogP contribution is -2.01. The number of benzene rings is 3. The van der Waals surface area contributed by atoms with Crippen LogP contribution in [0.2, 0.25) is 0 Å². The van der Waals surface area contributed by atoms with E-state index in [0.717, 1.165) is 39.0 Å². The maximum Gasteiger partial charge on any atom is 0.331 e. The zero-order chi connectivity index (χ0) is 19.5. The van der Waals surface area contributed by atoms with Crippen molar-refractivity contribution in [1.29, 1.82) is 0 Å². The summed E-state index contributed by atoms with van der Waals surface area (Å²) in [5, 5.41) is 0. The number of allylic oxidation sites excluding steroid dienone is 2. The lowest BCUT2D eigenvalue weighted by Gasteiger charge is -2.11. The Hall–Kier alpha value is -3.39. The lowest BCUT2D eigenvalue weighted by atomic mass is 9.92. The molecule has 2 heteroatoms. The molecule has 28 heavy (non-hydrogen) atoms. The van der Waals surface area contributed by atoms with Crippen LogP contribution in [-0.4, -0.2) is 12.6 Å². The van der Waals surface area contributed by atoms with Crippen LogP contribution in [0.1, 0.15) is 34.7 Å². The molecule has 138 valence electrons. The Balaban J connectivity index is 2.02. The fourth-order valence-corrected chi connectivity index (χ4v) is 3.72. The average molecular weight is 366 g/mol. The molecule has 4 rings (SSSR count). The second-order valence-electron chi connectivity index (χ2n) is 6.84. The summed E-state index contributed by atoms with van der Waals surface area (Å²) in [6, 6.07) is 27.1. The smallest absolute Gasteiger partial charge is 0.331 e. The van der Waals surface area contributed by atoms with E-state index in [2.05, 4.69) is 55.5 Å². The summed E-state index contributed by atoms with van der Waals surface area (Å²) in [6.07, 6.45) is 1.63. The molecule has 0 saturated heterocycles. The van der Waals surface area contributed by atoms with E-state index in [9.17, 15) is 4.79 Å². The average Bonchev–Trinajstić information content (AvgIpc) is 3.04. The fraction of sp³-hybridized carbons (Fsp3) is 0.115. The van der Waals surface area contributed by atoms with Gasteiger partial charge in [0.2, 0.25) is 0 Å². The summed E-state index contributed by atoms with van der Waals surface area (Å²) in [6.45, 7) is 4.27. The molecular formula is C26H22O2. The van der Waals surface area contributed by atoms with Gasteiger partial charge in [0.25, 0.3) is 0 Å². The van der Waals surface area contributed by atoms with Crippen LogP contribution in [0, 0.1) is 6.92 Å². The first-order valence-corrected chi connectivity index (χ1v) is 9.54. The van der Waals surface area contributed by atoms with Gasteiger partial charge < -0.3 is 4.74 Å². The molecule has 0 heterocycles. The number of ether oxygens (including phenoxy) is 1. The molecule has 1 aliphatic carbocycles. The topological polar surface area (TPSA) is 26.3 Å². The number of carbonyl (C=O) groups excluding carboxylic acids is 1. The summed E-state index contributed by atoms with van der Waals surface area (Å²) >= 11 is 0. The summed E-state index contributed by atoms with van der Waals surface area (Å²) in [5.41, 5.74) is 8.78. The lowest BCUT2D eigenvalue weighted by molar-refractivity contribution is -0.137. The van der Waals surface area contributed by atoms with Crippen LogP contribution in [0.5, 0.6) is 0 Å². The molecule has 0 bridgehead atoms. The van der Waals surface area contributed by atoms with Crippen LogP contribution >= 0.6 is 0 Å². The summed E-state index contributed by atoms with van der Waals surface area (Å²) in [4.78, 5) is 12.4. The van der Waals surface area contributed by atoms with Crippen molar-refractivity contribution in [2.45, 2.75) is 13.8 Å². The molecule has 2 nitrogen and oxygen atoms in total. The summed E-state index contributed by atoms with van der Waals surface area (Å²) in [7, 11) is 0. The van der Waals surface area contributed by atoms with Gasteiger partial charge in [-0.15, -0.1) is 0 Å². The number of hydrogen-bond acceptors (Lipinski definition) is 2. The second-order valence-corrected chi connectivity index (χ2v) is 6.84. The van der Waals surface area contributed by atoms with Crippen LogP contribution in [0.4, 0.5) is 0 Å². The van der Waals surface area contributed by atoms with Gasteiger partial charge in [0.05, 0.1) is 6.61 Å². The van der Waals surface area contributed by atoms with Crippen LogP contribution in [0.25, 0.3) is 16.7 Å². The van der Waals surface area contributed by atoms with Gasteiger partial charge in [-0.25, -0.2) is 4.79 Å². The predicted molar refractivity (Wildman–Crippen MR) is 115 cm³/mol. The Labute approximate surface area is 165 Å². The minimum atomic E-state index is -0.314. The molecule has 3 aromatic carbocycles. The van der Waals surface area contributed by atoms with Crippen molar-refractivity contribution >= 4 is 22.7 Å². The molecule has 0 aliphatic heterocycles. The molecule has 0 saturated carbocycles. The molecule has 0 amide bonds. The van der Waals surface area contributed by atoms with E-state index >= 15 is 0 Å². The number of carbonyl (C=O) groups is 1. The van der Waals surface area contributed by atoms with Crippen molar-refractivity contribution in [3.05, 3.63) is 113 Å². The predicted octanol–water partition coefficient (Wildman–Crippen LogP) is 5.91. The van der Waals surface area contributed by atoms with Crippen molar-refractivity contribution in [2.75, 3.05) is 6.61 Å². The second kappa shape index (κ2) is 7.69. The number of hydrogen-bond donors (Lipinski definition) is 0. The third-order valence-electron chi connectivity index (χ3n) is 4.96. The Kier molecular flexibility index (Phi) is 4.94. The van der Waals surface area contributed by atoms with Gasteiger partial charge in [-0.2, -0.15) is 0 Å². The zero-order valence-electron chi connectivity index (χ0n) is 16.1. The Bertz CT molecular complexity index is 1070. The first-order chi connectivity index (χ1) is 13.7. The van der Waals surface area contributed by atoms with Gasteiger partial charge in [0.15, 0.2) is 0 Å². The van der Waals surface area contributed by atoms with Crippen molar-refractivity contribution in [3.8, 4) is 0 Å². The van der Waals surface area contributed by atoms with E-state index in [0.29, 0.717) is 6.61 Å². The molecule has 0 radical (unpaired) electrons. The van der Waals surface area contributed by atoms with E-state index < -0.39 is 0 Å². The van der Waals surface area contributed by atoms with Crippen LogP contribution in [0.3, 0.4) is 0 Å². The Morgan fingerprint density at radius 2 is 1.39 bits per heavy atom. The summed E-state index contributed by atoms with van der Waals surface area (Å²) < 4.78 is 5.22. The van der Waals surface area contributed by atoms with Gasteiger partial charge >= 0.3 is 5.97 Å².